The van der Waals surface area contributed by atoms with E-state index in [0.29, 0.717) is 34.0 Å². The van der Waals surface area contributed by atoms with Gasteiger partial charge in [-0.2, -0.15) is 0 Å². The Bertz CT molecular complexity index is 1260. The Kier molecular flexibility index (Phi) is 6.54. The van der Waals surface area contributed by atoms with Gasteiger partial charge in [0.05, 0.1) is 26.8 Å². The molecule has 32 heavy (non-hydrogen) atoms. The first-order valence-corrected chi connectivity index (χ1v) is 11.2. The zero-order valence-corrected chi connectivity index (χ0v) is 19.1. The van der Waals surface area contributed by atoms with Crippen molar-refractivity contribution in [2.45, 2.75) is 4.90 Å². The summed E-state index contributed by atoms with van der Waals surface area (Å²) >= 11 is 8.01. The minimum absolute atomic E-state index is 0.0567. The Morgan fingerprint density at radius 1 is 1.00 bits per heavy atom. The second-order valence-electron chi connectivity index (χ2n) is 6.73. The van der Waals surface area contributed by atoms with Crippen molar-refractivity contribution in [1.82, 2.24) is 15.0 Å². The molecule has 2 aromatic carbocycles. The number of thiazole rings is 1. The summed E-state index contributed by atoms with van der Waals surface area (Å²) in [5.74, 6) is -2.05. The van der Waals surface area contributed by atoms with Crippen molar-refractivity contribution in [3.63, 3.8) is 0 Å². The number of rotatable bonds is 6. The van der Waals surface area contributed by atoms with Crippen molar-refractivity contribution in [2.24, 2.45) is 0 Å². The molecule has 0 fully saturated rings. The molecule has 0 bridgehead atoms. The number of nitrogens with zero attached hydrogens (tertiary/aromatic N) is 4. The number of anilines is 2. The highest BCUT2D eigenvalue weighted by Gasteiger charge is 2.19. The molecule has 0 saturated heterocycles. The van der Waals surface area contributed by atoms with Crippen LogP contribution in [0.15, 0.2) is 53.6 Å². The lowest BCUT2D eigenvalue weighted by atomic mass is 10.1. The third-order valence-electron chi connectivity index (χ3n) is 4.28. The highest BCUT2D eigenvalue weighted by atomic mass is 35.5. The molecule has 4 rings (SSSR count). The maximum absolute atomic E-state index is 14.5. The number of benzene rings is 2. The largest absolute Gasteiger partial charge is 0.354 e. The topological polar surface area (TPSA) is 53.9 Å². The molecule has 0 aliphatic rings. The molecule has 0 aliphatic carbocycles. The van der Waals surface area contributed by atoms with E-state index in [-0.39, 0.29) is 15.9 Å². The van der Waals surface area contributed by atoms with E-state index in [2.05, 4.69) is 19.7 Å². The van der Waals surface area contributed by atoms with E-state index in [1.54, 1.807) is 18.3 Å². The number of halogens is 4. The zero-order valence-electron chi connectivity index (χ0n) is 16.7. The lowest BCUT2D eigenvalue weighted by Gasteiger charge is -2.10. The van der Waals surface area contributed by atoms with Crippen LogP contribution in [0.4, 0.5) is 24.0 Å². The summed E-state index contributed by atoms with van der Waals surface area (Å²) in [6.45, 7) is 0. The molecule has 0 saturated carbocycles. The van der Waals surface area contributed by atoms with Crippen LogP contribution < -0.4 is 9.62 Å². The highest BCUT2D eigenvalue weighted by molar-refractivity contribution is 8.00. The van der Waals surface area contributed by atoms with Gasteiger partial charge in [-0.25, -0.2) is 28.1 Å². The minimum Gasteiger partial charge on any atom is -0.354 e. The van der Waals surface area contributed by atoms with Crippen LogP contribution >= 0.6 is 34.9 Å². The van der Waals surface area contributed by atoms with Gasteiger partial charge < -0.3 is 9.62 Å². The molecule has 164 valence electrons. The van der Waals surface area contributed by atoms with E-state index in [4.69, 9.17) is 11.6 Å². The first-order chi connectivity index (χ1) is 15.3. The summed E-state index contributed by atoms with van der Waals surface area (Å²) < 4.78 is 45.0. The standard InChI is InChI=1S/C21H15ClF3N5S2/c1-30(2)21-28-17(19(31-21)15-8-9-26-20(22)27-15)11-6-7-12(23)16(10-11)29-32-18-13(24)4-3-5-14(18)25/h3-10,29H,1-2H3. The van der Waals surface area contributed by atoms with Gasteiger partial charge in [-0.15, -0.1) is 0 Å². The Labute approximate surface area is 195 Å². The van der Waals surface area contributed by atoms with Gasteiger partial charge in [0.25, 0.3) is 0 Å². The van der Waals surface area contributed by atoms with Crippen LogP contribution in [0.2, 0.25) is 5.28 Å². The van der Waals surface area contributed by atoms with Crippen LogP contribution in [0.5, 0.6) is 0 Å². The van der Waals surface area contributed by atoms with Gasteiger partial charge in [0.2, 0.25) is 5.28 Å². The SMILES string of the molecule is CN(C)c1nc(-c2ccc(F)c(NSc3c(F)cccc3F)c2)c(-c2ccnc(Cl)n2)s1. The van der Waals surface area contributed by atoms with Crippen LogP contribution in [0.25, 0.3) is 21.8 Å². The van der Waals surface area contributed by atoms with Crippen molar-refractivity contribution in [3.05, 3.63) is 71.4 Å². The van der Waals surface area contributed by atoms with Crippen LogP contribution in [0.1, 0.15) is 0 Å². The van der Waals surface area contributed by atoms with E-state index in [1.807, 2.05) is 19.0 Å². The molecule has 2 aromatic heterocycles. The van der Waals surface area contributed by atoms with E-state index in [9.17, 15) is 13.2 Å². The predicted molar refractivity (Wildman–Crippen MR) is 124 cm³/mol. The van der Waals surface area contributed by atoms with Crippen molar-refractivity contribution < 1.29 is 13.2 Å². The zero-order chi connectivity index (χ0) is 22.8. The van der Waals surface area contributed by atoms with E-state index in [1.165, 1.54) is 29.5 Å². The average Bonchev–Trinajstić information content (AvgIpc) is 3.20. The van der Waals surface area contributed by atoms with Crippen LogP contribution in [-0.2, 0) is 0 Å². The van der Waals surface area contributed by atoms with Gasteiger partial charge in [-0.1, -0.05) is 17.4 Å². The van der Waals surface area contributed by atoms with Crippen LogP contribution in [0, 0.1) is 17.5 Å². The average molecular weight is 494 g/mol. The smallest absolute Gasteiger partial charge is 0.222 e. The number of hydrogen-bond acceptors (Lipinski definition) is 7. The van der Waals surface area contributed by atoms with Gasteiger partial charge >= 0.3 is 0 Å². The minimum atomic E-state index is -0.739. The Morgan fingerprint density at radius 2 is 1.75 bits per heavy atom. The maximum Gasteiger partial charge on any atom is 0.222 e. The first-order valence-electron chi connectivity index (χ1n) is 9.17. The van der Waals surface area contributed by atoms with Crippen molar-refractivity contribution in [3.8, 4) is 21.8 Å². The normalized spacial score (nSPS) is 10.9. The van der Waals surface area contributed by atoms with Gasteiger partial charge in [-0.3, -0.25) is 0 Å². The predicted octanol–water partition coefficient (Wildman–Crippen LogP) is 6.52. The molecular formula is C21H15ClF3N5S2. The summed E-state index contributed by atoms with van der Waals surface area (Å²) in [5.41, 5.74) is 1.80. The molecule has 0 radical (unpaired) electrons. The molecule has 0 atom stereocenters. The fourth-order valence-corrected chi connectivity index (χ4v) is 4.60. The summed E-state index contributed by atoms with van der Waals surface area (Å²) in [7, 11) is 3.72. The molecule has 0 spiro atoms. The molecule has 11 heteroatoms. The van der Waals surface area contributed by atoms with E-state index >= 15 is 0 Å². The highest BCUT2D eigenvalue weighted by Crippen LogP contribution is 2.40. The summed E-state index contributed by atoms with van der Waals surface area (Å²) in [5, 5.41) is 0.810. The number of aromatic nitrogens is 3. The van der Waals surface area contributed by atoms with Crippen LogP contribution in [0.3, 0.4) is 0 Å². The lowest BCUT2D eigenvalue weighted by Crippen LogP contribution is -2.07. The second-order valence-corrected chi connectivity index (χ2v) is 8.86. The number of nitrogens with one attached hydrogen (secondary N) is 1. The molecule has 0 unspecified atom stereocenters. The summed E-state index contributed by atoms with van der Waals surface area (Å²) in [4.78, 5) is 15.2. The maximum atomic E-state index is 14.5. The third-order valence-corrected chi connectivity index (χ3v) is 6.62. The molecular weight excluding hydrogens is 479 g/mol. The molecule has 0 aliphatic heterocycles. The van der Waals surface area contributed by atoms with Crippen molar-refractivity contribution >= 4 is 45.7 Å². The second kappa shape index (κ2) is 9.35. The van der Waals surface area contributed by atoms with Gasteiger partial charge in [0, 0.05) is 25.9 Å². The molecule has 4 aromatic rings. The first kappa shape index (κ1) is 22.4. The monoisotopic (exact) mass is 493 g/mol. The molecule has 1 N–H and O–H groups in total. The number of hydrogen-bond donors (Lipinski definition) is 1. The van der Waals surface area contributed by atoms with Crippen molar-refractivity contribution in [1.29, 1.82) is 0 Å². The summed E-state index contributed by atoms with van der Waals surface area (Å²) in [6.07, 6.45) is 1.54. The van der Waals surface area contributed by atoms with E-state index < -0.39 is 17.5 Å². The molecule has 0 amide bonds. The van der Waals surface area contributed by atoms with Gasteiger partial charge in [0.15, 0.2) is 5.13 Å². The fraction of sp³-hybridized carbons (Fsp3) is 0.0952. The van der Waals surface area contributed by atoms with Gasteiger partial charge in [0.1, 0.15) is 17.5 Å². The molecule has 5 nitrogen and oxygen atoms in total. The fourth-order valence-electron chi connectivity index (χ4n) is 2.77. The third kappa shape index (κ3) is 4.67. The Balaban J connectivity index is 1.73. The lowest BCUT2D eigenvalue weighted by molar-refractivity contribution is 0.541. The Hall–Kier alpha value is -2.82. The summed E-state index contributed by atoms with van der Waals surface area (Å²) in [6, 6.07) is 9.62. The van der Waals surface area contributed by atoms with Crippen molar-refractivity contribution in [2.75, 3.05) is 23.7 Å². The quantitative estimate of drug-likeness (QED) is 0.244. The molecule has 2 heterocycles. The van der Waals surface area contributed by atoms with Gasteiger partial charge in [-0.05, 0) is 59.9 Å². The van der Waals surface area contributed by atoms with Crippen LogP contribution in [-0.4, -0.2) is 29.0 Å². The van der Waals surface area contributed by atoms with E-state index in [0.717, 1.165) is 17.0 Å². The Morgan fingerprint density at radius 3 is 2.44 bits per heavy atom.